The molecule has 0 fully saturated rings. The van der Waals surface area contributed by atoms with E-state index in [-0.39, 0.29) is 104 Å². The van der Waals surface area contributed by atoms with Gasteiger partial charge in [-0.2, -0.15) is 48.6 Å². The van der Waals surface area contributed by atoms with E-state index in [9.17, 15) is 51.9 Å². The van der Waals surface area contributed by atoms with Gasteiger partial charge >= 0.3 is 0 Å². The normalized spacial score (nSPS) is 13.7. The van der Waals surface area contributed by atoms with Crippen LogP contribution in [-0.2, 0) is 40.5 Å². The molecule has 1 aromatic heterocycles. The molecule has 0 unspecified atom stereocenters. The zero-order chi connectivity index (χ0) is 53.7. The first-order valence-corrected chi connectivity index (χ1v) is 27.4. The van der Waals surface area contributed by atoms with Crippen molar-refractivity contribution in [2.24, 2.45) is 20.0 Å². The van der Waals surface area contributed by atoms with Crippen LogP contribution in [0.1, 0.15) is 5.82 Å². The number of ether oxygens (including phenoxy) is 4. The minimum absolute atomic E-state index is 0.0663. The van der Waals surface area contributed by atoms with Crippen LogP contribution in [0, 0.1) is 6.92 Å². The topological polar surface area (TPSA) is 419 Å². The Labute approximate surface area is 437 Å². The first-order chi connectivity index (χ1) is 35.1. The van der Waals surface area contributed by atoms with Gasteiger partial charge in [0.05, 0.1) is 22.7 Å². The fourth-order valence-electron chi connectivity index (χ4n) is 7.97. The molecule has 27 nitrogen and oxygen atoms in total. The van der Waals surface area contributed by atoms with Gasteiger partial charge in [-0.3, -0.25) is 18.2 Å². The number of nitrogens with zero attached hydrogens (tertiary/aromatic N) is 7. The molecule has 75 heavy (non-hydrogen) atoms. The van der Waals surface area contributed by atoms with Gasteiger partial charge in [0, 0.05) is 0 Å². The van der Waals surface area contributed by atoms with E-state index >= 15 is 0 Å². The number of aryl methyl sites for hydroxylation is 1. The minimum atomic E-state index is -5.29. The van der Waals surface area contributed by atoms with Crippen LogP contribution in [-0.4, -0.2) is 66.8 Å². The first-order valence-electron chi connectivity index (χ1n) is 20.1. The smallest absolute Gasteiger partial charge is 0.300 e. The van der Waals surface area contributed by atoms with Crippen molar-refractivity contribution in [1.82, 2.24) is 15.0 Å². The predicted molar refractivity (Wildman–Crippen MR) is 261 cm³/mol. The second-order valence-corrected chi connectivity index (χ2v) is 22.7. The van der Waals surface area contributed by atoms with Gasteiger partial charge < -0.3 is 41.0 Å². The van der Waals surface area contributed by atoms with Crippen molar-refractivity contribution in [3.63, 3.8) is 0 Å². The highest BCUT2D eigenvalue weighted by Crippen LogP contribution is 2.51. The quantitative estimate of drug-likeness (QED) is 0.0582. The molecule has 4 aliphatic rings. The largest absolute Gasteiger partial charge is 0.450 e. The highest BCUT2D eigenvalue weighted by molar-refractivity contribution is 7.87. The molecular weight excluding hydrogens is 1160 g/mol. The Morgan fingerprint density at radius 1 is 0.413 bits per heavy atom. The summed E-state index contributed by atoms with van der Waals surface area (Å²) in [4.78, 5) is 26.5. The maximum atomic E-state index is 13.2. The Morgan fingerprint density at radius 2 is 0.680 bits per heavy atom. The summed E-state index contributed by atoms with van der Waals surface area (Å²) in [5.41, 5.74) is 9.21. The fourth-order valence-corrected chi connectivity index (χ4v) is 12.0. The van der Waals surface area contributed by atoms with Crippen LogP contribution in [0.2, 0.25) is 20.1 Å². The molecule has 4 aliphatic heterocycles. The van der Waals surface area contributed by atoms with Gasteiger partial charge in [0.2, 0.25) is 11.9 Å². The number of fused-ring (bicyclic) bond motifs is 8. The molecule has 5 heterocycles. The molecule has 35 heteroatoms. The lowest BCUT2D eigenvalue weighted by Crippen LogP contribution is -2.23. The Bertz CT molecular complexity index is 4370. The van der Waals surface area contributed by atoms with Gasteiger partial charge in [-0.25, -0.2) is 20.0 Å². The summed E-state index contributed by atoms with van der Waals surface area (Å²) in [7, 11) is -20.5. The van der Waals surface area contributed by atoms with Gasteiger partial charge in [-0.05, 0) is 55.5 Å². The molecule has 7 aromatic rings. The highest BCUT2D eigenvalue weighted by atomic mass is 35.5. The van der Waals surface area contributed by atoms with E-state index in [1.165, 1.54) is 31.2 Å². The van der Waals surface area contributed by atoms with Crippen molar-refractivity contribution >= 4 is 144 Å². The van der Waals surface area contributed by atoms with Gasteiger partial charge in [-0.15, -0.1) is 0 Å². The number of hydrogen-bond acceptors (Lipinski definition) is 23. The number of rotatable bonds is 8. The van der Waals surface area contributed by atoms with Crippen LogP contribution >= 0.6 is 46.4 Å². The van der Waals surface area contributed by atoms with Crippen LogP contribution in [0.3, 0.4) is 0 Å². The molecule has 0 spiro atoms. The van der Waals surface area contributed by atoms with E-state index in [1.54, 1.807) is 0 Å². The maximum absolute atomic E-state index is 13.2. The van der Waals surface area contributed by atoms with E-state index < -0.39 is 106 Å². The Balaban J connectivity index is 0.950. The standard InChI is InChI=1S/C40H21Cl4N11O16S4/c1-10-47-39(53-17-8-6-15-29(37(17)74(62,63)64)70-33-21(43)23-31(19(41)25(33)51-15)68-27-13(49-23)4-2-11(45)35(27)72(56,57)58)55-40(48-10)54-18-9-7-16-30(38(18)75(65,66)67)71-34-22(44)24-32(20(42)26(34)52-16)69-28-14(50-24)5-3-12(46)36(28)73(59,60)61/h2-9H,45-46H2,1H3,(H,56,57,58)(H,59,60,61)(H,62,63,64)(H,65,66,67)(H2,47,48,53,54,55). The molecule has 384 valence electrons. The molecule has 0 aliphatic carbocycles. The van der Waals surface area contributed by atoms with Crippen molar-refractivity contribution < 1.29 is 70.8 Å². The minimum Gasteiger partial charge on any atom is -0.450 e. The first kappa shape index (κ1) is 49.9. The third-order valence-electron chi connectivity index (χ3n) is 10.9. The van der Waals surface area contributed by atoms with Gasteiger partial charge in [0.25, 0.3) is 40.5 Å². The fraction of sp³-hybridized carbons (Fsp3) is 0.0250. The molecule has 0 saturated heterocycles. The molecule has 0 bridgehead atoms. The third-order valence-corrected chi connectivity index (χ3v) is 16.1. The zero-order valence-electron chi connectivity index (χ0n) is 36.2. The average molecular weight is 1180 g/mol. The third kappa shape index (κ3) is 8.19. The number of halogens is 4. The van der Waals surface area contributed by atoms with E-state index in [1.807, 2.05) is 0 Å². The number of nitrogens with two attached hydrogens (primary N) is 2. The van der Waals surface area contributed by atoms with Crippen LogP contribution in [0.5, 0.6) is 46.0 Å². The summed E-state index contributed by atoms with van der Waals surface area (Å²) in [6.45, 7) is 1.37. The second-order valence-electron chi connectivity index (χ2n) is 15.7. The number of aromatic nitrogens is 3. The second kappa shape index (κ2) is 16.9. The summed E-state index contributed by atoms with van der Waals surface area (Å²) in [5.74, 6) is -4.53. The molecule has 6 aromatic carbocycles. The van der Waals surface area contributed by atoms with Crippen LogP contribution in [0.4, 0.5) is 57.4 Å². The molecule has 0 atom stereocenters. The molecule has 10 N–H and O–H groups in total. The van der Waals surface area contributed by atoms with E-state index in [4.69, 9.17) is 76.8 Å². The molecule has 0 amide bonds. The van der Waals surface area contributed by atoms with E-state index in [2.05, 4.69) is 45.6 Å². The lowest BCUT2D eigenvalue weighted by Gasteiger charge is -2.23. The maximum Gasteiger partial charge on any atom is 0.300 e. The summed E-state index contributed by atoms with van der Waals surface area (Å²) < 4.78 is 166. The number of nitrogens with one attached hydrogen (secondary N) is 2. The van der Waals surface area contributed by atoms with E-state index in [0.717, 1.165) is 24.3 Å². The van der Waals surface area contributed by atoms with Crippen LogP contribution < -0.4 is 62.5 Å². The van der Waals surface area contributed by atoms with Gasteiger partial charge in [0.1, 0.15) is 70.1 Å². The number of benzene rings is 6. The number of nitrogen functional groups attached to an aromatic ring is 2. The monoisotopic (exact) mass is 1180 g/mol. The van der Waals surface area contributed by atoms with E-state index in [0.29, 0.717) is 0 Å². The highest BCUT2D eigenvalue weighted by Gasteiger charge is 2.37. The number of hydrogen-bond donors (Lipinski definition) is 8. The lowest BCUT2D eigenvalue weighted by molar-refractivity contribution is 0.428. The summed E-state index contributed by atoms with van der Waals surface area (Å²) in [6, 6.07) is 9.49. The van der Waals surface area contributed by atoms with Crippen LogP contribution in [0.25, 0.3) is 0 Å². The SMILES string of the molecule is Cc1nc(Nc2ccc3c(c2S(=O)(=O)O)Oc2c(Cl)c4c(c(Cl)c2=N3)Oc2c(ccc(N)c2S(=O)(=O)O)N=4)nc(Nc2ccc3c(c2S(=O)(=O)O)Oc2c(Cl)c4c(c(Cl)c2=N3)Oc2c(ccc(N)c2S(=O)(=O)O)N=4)n1. The predicted octanol–water partition coefficient (Wildman–Crippen LogP) is 6.66. The molecule has 0 saturated carbocycles. The van der Waals surface area contributed by atoms with Crippen molar-refractivity contribution in [3.8, 4) is 46.0 Å². The molecule has 11 rings (SSSR count). The van der Waals surface area contributed by atoms with Crippen molar-refractivity contribution in [2.45, 2.75) is 26.5 Å². The average Bonchev–Trinajstić information content (AvgIpc) is 3.31. The Hall–Kier alpha value is -7.27. The molecule has 0 radical (unpaired) electrons. The summed E-state index contributed by atoms with van der Waals surface area (Å²) in [6.07, 6.45) is 0. The lowest BCUT2D eigenvalue weighted by atomic mass is 10.2. The molecular formula is C40H21Cl4N11O16S4. The van der Waals surface area contributed by atoms with Crippen molar-refractivity contribution in [3.05, 3.63) is 95.9 Å². The summed E-state index contributed by atoms with van der Waals surface area (Å²) in [5, 5.41) is 2.85. The van der Waals surface area contributed by atoms with Crippen molar-refractivity contribution in [1.29, 1.82) is 0 Å². The number of anilines is 6. The van der Waals surface area contributed by atoms with Crippen molar-refractivity contribution in [2.75, 3.05) is 22.1 Å². The Morgan fingerprint density at radius 3 is 0.960 bits per heavy atom. The van der Waals surface area contributed by atoms with Gasteiger partial charge in [-0.1, -0.05) is 46.4 Å². The van der Waals surface area contributed by atoms with Crippen LogP contribution in [0.15, 0.2) is 88.1 Å². The Kier molecular flexibility index (Phi) is 11.2. The zero-order valence-corrected chi connectivity index (χ0v) is 42.5. The summed E-state index contributed by atoms with van der Waals surface area (Å²) >= 11 is 26.9. The van der Waals surface area contributed by atoms with Gasteiger partial charge in [0.15, 0.2) is 65.6 Å².